The highest BCUT2D eigenvalue weighted by atomic mass is 35.5. The second-order valence-electron chi connectivity index (χ2n) is 5.48. The van der Waals surface area contributed by atoms with Crippen LogP contribution in [-0.4, -0.2) is 74.4 Å². The fraction of sp³-hybridized carbons (Fsp3) is 0.312. The molecular formula is C16H16ClN3O7S. The van der Waals surface area contributed by atoms with Crippen molar-refractivity contribution in [3.63, 3.8) is 0 Å². The molecule has 0 aliphatic carbocycles. The van der Waals surface area contributed by atoms with Crippen molar-refractivity contribution in [2.75, 3.05) is 18.2 Å². The van der Waals surface area contributed by atoms with Crippen LogP contribution >= 0.6 is 23.5 Å². The molecule has 1 heterocycles. The number of ether oxygens (including phenoxy) is 1. The number of benzene rings is 1. The Bertz CT molecular complexity index is 790. The molecule has 1 aromatic rings. The Morgan fingerprint density at radius 2 is 1.96 bits per heavy atom. The van der Waals surface area contributed by atoms with E-state index in [0.29, 0.717) is 5.56 Å². The lowest BCUT2D eigenvalue weighted by molar-refractivity contribution is -0.153. The summed E-state index contributed by atoms with van der Waals surface area (Å²) < 4.78 is 5.68. The number of nitrogens with zero attached hydrogens (tertiary/aromatic N) is 2. The van der Waals surface area contributed by atoms with Gasteiger partial charge < -0.3 is 20.4 Å². The molecule has 1 aliphatic rings. The Morgan fingerprint density at radius 3 is 2.54 bits per heavy atom. The maximum absolute atomic E-state index is 12.4. The van der Waals surface area contributed by atoms with Gasteiger partial charge in [-0.25, -0.2) is 4.79 Å². The molecule has 1 aromatic carbocycles. The maximum Gasteiger partial charge on any atom is 0.341 e. The largest absolute Gasteiger partial charge is 0.479 e. The first-order valence-corrected chi connectivity index (χ1v) is 9.34. The van der Waals surface area contributed by atoms with Gasteiger partial charge in [0.2, 0.25) is 0 Å². The summed E-state index contributed by atoms with van der Waals surface area (Å²) in [6.07, 6.45) is 0. The van der Waals surface area contributed by atoms with E-state index in [-0.39, 0.29) is 17.3 Å². The van der Waals surface area contributed by atoms with Gasteiger partial charge in [0.1, 0.15) is 11.8 Å². The molecule has 3 N–H and O–H groups in total. The van der Waals surface area contributed by atoms with Crippen molar-refractivity contribution in [3.05, 3.63) is 35.9 Å². The summed E-state index contributed by atoms with van der Waals surface area (Å²) in [5.41, 5.74) is 0.106. The molecule has 0 spiro atoms. The Balaban J connectivity index is 1.93. The van der Waals surface area contributed by atoms with Crippen molar-refractivity contribution in [2.24, 2.45) is 5.16 Å². The van der Waals surface area contributed by atoms with Crippen LogP contribution in [-0.2, 0) is 23.9 Å². The van der Waals surface area contributed by atoms with Crippen molar-refractivity contribution in [3.8, 4) is 0 Å². The van der Waals surface area contributed by atoms with Crippen LogP contribution in [0.4, 0.5) is 0 Å². The fourth-order valence-corrected chi connectivity index (χ4v) is 3.69. The number of carbonyl (C=O) groups excluding carboxylic acids is 3. The monoisotopic (exact) mass is 429 g/mol. The number of oxime groups is 1. The molecule has 0 bridgehead atoms. The first-order chi connectivity index (χ1) is 13.4. The number of aliphatic carboxylic acids is 1. The van der Waals surface area contributed by atoms with Crippen molar-refractivity contribution in [1.82, 2.24) is 9.62 Å². The molecule has 1 saturated heterocycles. The van der Waals surface area contributed by atoms with Crippen molar-refractivity contribution >= 4 is 53.0 Å². The lowest BCUT2D eigenvalue weighted by Gasteiger charge is -2.44. The summed E-state index contributed by atoms with van der Waals surface area (Å²) in [6, 6.07) is 6.63. The quantitative estimate of drug-likeness (QED) is 0.0951. The highest BCUT2D eigenvalue weighted by Gasteiger charge is 2.48. The predicted octanol–water partition coefficient (Wildman–Crippen LogP) is 0.0753. The molecule has 10 nitrogen and oxygen atoms in total. The minimum absolute atomic E-state index is 0.0230. The highest BCUT2D eigenvalue weighted by Crippen LogP contribution is 2.29. The van der Waals surface area contributed by atoms with Gasteiger partial charge in [0.05, 0.1) is 6.04 Å². The number of halogens is 1. The van der Waals surface area contributed by atoms with Gasteiger partial charge in [0.25, 0.3) is 11.8 Å². The Hall–Kier alpha value is -2.79. The number of carboxylic acid groups (broad SMARTS) is 1. The molecule has 1 aliphatic heterocycles. The number of nitrogens with one attached hydrogen (secondary N) is 1. The van der Waals surface area contributed by atoms with E-state index in [4.69, 9.17) is 21.9 Å². The first kappa shape index (κ1) is 21.5. The van der Waals surface area contributed by atoms with E-state index in [1.807, 2.05) is 0 Å². The zero-order valence-electron chi connectivity index (χ0n) is 14.3. The number of rotatable bonds is 9. The van der Waals surface area contributed by atoms with Gasteiger partial charge in [0, 0.05) is 11.4 Å². The van der Waals surface area contributed by atoms with Crippen molar-refractivity contribution in [1.29, 1.82) is 0 Å². The van der Waals surface area contributed by atoms with Gasteiger partial charge in [-0.1, -0.05) is 35.5 Å². The van der Waals surface area contributed by atoms with Crippen LogP contribution < -0.4 is 5.32 Å². The minimum Gasteiger partial charge on any atom is -0.479 e. The fourth-order valence-electron chi connectivity index (χ4n) is 2.33. The van der Waals surface area contributed by atoms with Crippen LogP contribution in [0.15, 0.2) is 35.5 Å². The standard InChI is InChI=1S/C16H16ClN3O7S/c17-6-10-14(16(25)20(10)28-8-12(23)27-7-11(21)22)18-15(24)13(19-26)9-4-2-1-3-5-9/h1-5,10,14,26H,6-8H2,(H,18,24)(H,21,22)/b19-13-. The van der Waals surface area contributed by atoms with Gasteiger partial charge in [-0.2, -0.15) is 0 Å². The molecule has 1 fully saturated rings. The molecule has 2 unspecified atom stereocenters. The van der Waals surface area contributed by atoms with Gasteiger partial charge >= 0.3 is 11.9 Å². The molecule has 28 heavy (non-hydrogen) atoms. The van der Waals surface area contributed by atoms with Gasteiger partial charge in [-0.3, -0.25) is 18.7 Å². The number of carboxylic acids is 1. The van der Waals surface area contributed by atoms with Crippen LogP contribution in [0.1, 0.15) is 5.56 Å². The van der Waals surface area contributed by atoms with Gasteiger partial charge in [0.15, 0.2) is 12.3 Å². The third kappa shape index (κ3) is 5.14. The molecule has 0 aromatic heterocycles. The summed E-state index contributed by atoms with van der Waals surface area (Å²) in [7, 11) is 0. The normalized spacial score (nSPS) is 19.0. The van der Waals surface area contributed by atoms with Crippen LogP contribution in [0.5, 0.6) is 0 Å². The lowest BCUT2D eigenvalue weighted by atomic mass is 10.00. The molecule has 0 radical (unpaired) electrons. The van der Waals surface area contributed by atoms with Crippen molar-refractivity contribution < 1.29 is 34.2 Å². The summed E-state index contributed by atoms with van der Waals surface area (Å²) in [5.74, 6) is -3.67. The molecule has 2 amide bonds. The van der Waals surface area contributed by atoms with Crippen LogP contribution in [0, 0.1) is 0 Å². The highest BCUT2D eigenvalue weighted by molar-refractivity contribution is 7.98. The summed E-state index contributed by atoms with van der Waals surface area (Å²) in [5, 5.41) is 23.0. The van der Waals surface area contributed by atoms with E-state index < -0.39 is 42.4 Å². The van der Waals surface area contributed by atoms with Gasteiger partial charge in [-0.15, -0.1) is 11.6 Å². The third-order valence-electron chi connectivity index (χ3n) is 3.65. The molecule has 150 valence electrons. The Kier molecular flexibility index (Phi) is 7.64. The SMILES string of the molecule is O=C(O)COC(=O)CSN1C(=O)C(NC(=O)/C(=N\O)c2ccccc2)C1CCl. The number of amides is 2. The average Bonchev–Trinajstić information content (AvgIpc) is 2.69. The van der Waals surface area contributed by atoms with Crippen molar-refractivity contribution in [2.45, 2.75) is 12.1 Å². The summed E-state index contributed by atoms with van der Waals surface area (Å²) >= 11 is 6.66. The number of esters is 1. The number of carbonyl (C=O) groups is 4. The molecule has 2 rings (SSSR count). The van der Waals surface area contributed by atoms with Crippen LogP contribution in [0.25, 0.3) is 0 Å². The van der Waals surface area contributed by atoms with Crippen LogP contribution in [0.3, 0.4) is 0 Å². The zero-order valence-corrected chi connectivity index (χ0v) is 15.9. The van der Waals surface area contributed by atoms with Gasteiger partial charge in [-0.05, 0) is 11.9 Å². The molecule has 0 saturated carbocycles. The van der Waals surface area contributed by atoms with E-state index >= 15 is 0 Å². The number of alkyl halides is 1. The number of hydrogen-bond acceptors (Lipinski definition) is 8. The third-order valence-corrected chi connectivity index (χ3v) is 5.06. The van der Waals surface area contributed by atoms with E-state index in [0.717, 1.165) is 11.9 Å². The van der Waals surface area contributed by atoms with E-state index in [1.165, 1.54) is 4.31 Å². The lowest BCUT2D eigenvalue weighted by Crippen LogP contribution is -2.69. The van der Waals surface area contributed by atoms with E-state index in [9.17, 15) is 19.2 Å². The maximum atomic E-state index is 12.4. The first-order valence-electron chi connectivity index (χ1n) is 7.86. The van der Waals surface area contributed by atoms with E-state index in [2.05, 4.69) is 15.2 Å². The predicted molar refractivity (Wildman–Crippen MR) is 99.1 cm³/mol. The summed E-state index contributed by atoms with van der Waals surface area (Å²) in [4.78, 5) is 46.4. The molecule has 2 atom stereocenters. The topological polar surface area (TPSA) is 146 Å². The zero-order chi connectivity index (χ0) is 20.7. The minimum atomic E-state index is -1.29. The Morgan fingerprint density at radius 1 is 1.29 bits per heavy atom. The Labute approximate surface area is 168 Å². The second-order valence-corrected chi connectivity index (χ2v) is 6.73. The smallest absolute Gasteiger partial charge is 0.341 e. The van der Waals surface area contributed by atoms with Crippen LogP contribution in [0.2, 0.25) is 0 Å². The second kappa shape index (κ2) is 9.95. The number of β-lactam (4-membered cyclic amide) rings is 1. The number of hydrogen-bond donors (Lipinski definition) is 3. The molecular weight excluding hydrogens is 414 g/mol. The average molecular weight is 430 g/mol. The summed E-state index contributed by atoms with van der Waals surface area (Å²) in [6.45, 7) is -0.770. The van der Waals surface area contributed by atoms with E-state index in [1.54, 1.807) is 30.3 Å². The molecule has 12 heteroatoms.